The first-order valence-corrected chi connectivity index (χ1v) is 9.72. The second-order valence-electron chi connectivity index (χ2n) is 7.38. The van der Waals surface area contributed by atoms with Gasteiger partial charge in [-0.15, -0.1) is 0 Å². The van der Waals surface area contributed by atoms with Crippen LogP contribution >= 0.6 is 0 Å². The van der Waals surface area contributed by atoms with Crippen LogP contribution in [0, 0.1) is 5.82 Å². The zero-order valence-corrected chi connectivity index (χ0v) is 16.9. The summed E-state index contributed by atoms with van der Waals surface area (Å²) >= 11 is 0. The Kier molecular flexibility index (Phi) is 5.18. The molecule has 0 bridgehead atoms. The Bertz CT molecular complexity index is 1270. The summed E-state index contributed by atoms with van der Waals surface area (Å²) in [5.74, 6) is -1.63. The second kappa shape index (κ2) is 7.82. The van der Waals surface area contributed by atoms with E-state index in [1.165, 1.54) is 36.9 Å². The van der Waals surface area contributed by atoms with Gasteiger partial charge in [-0.2, -0.15) is 0 Å². The van der Waals surface area contributed by atoms with E-state index in [9.17, 15) is 23.9 Å². The van der Waals surface area contributed by atoms with Crippen LogP contribution in [-0.2, 0) is 17.8 Å². The van der Waals surface area contributed by atoms with Crippen molar-refractivity contribution in [3.8, 4) is 11.5 Å². The van der Waals surface area contributed by atoms with Gasteiger partial charge in [-0.05, 0) is 24.6 Å². The van der Waals surface area contributed by atoms with E-state index in [-0.39, 0.29) is 41.3 Å². The van der Waals surface area contributed by atoms with Crippen LogP contribution in [0.25, 0.3) is 11.0 Å². The Labute approximate surface area is 176 Å². The van der Waals surface area contributed by atoms with Crippen molar-refractivity contribution in [1.82, 2.24) is 14.9 Å². The molecule has 2 N–H and O–H groups in total. The highest BCUT2D eigenvalue weighted by atomic mass is 19.1. The second-order valence-corrected chi connectivity index (χ2v) is 7.38. The lowest BCUT2D eigenvalue weighted by Gasteiger charge is -2.18. The third kappa shape index (κ3) is 3.52. The number of nitrogens with zero attached hydrogens (tertiary/aromatic N) is 2. The fourth-order valence-corrected chi connectivity index (χ4v) is 3.76. The molecule has 160 valence electrons. The van der Waals surface area contributed by atoms with Crippen LogP contribution in [0.5, 0.6) is 11.5 Å². The van der Waals surface area contributed by atoms with Gasteiger partial charge >= 0.3 is 0 Å². The summed E-state index contributed by atoms with van der Waals surface area (Å²) in [5, 5.41) is 13.0. The highest BCUT2D eigenvalue weighted by Gasteiger charge is 2.30. The Morgan fingerprint density at radius 2 is 2.03 bits per heavy atom. The zero-order chi connectivity index (χ0) is 22.3. The van der Waals surface area contributed by atoms with Crippen molar-refractivity contribution in [2.45, 2.75) is 32.4 Å². The molecule has 0 saturated heterocycles. The quantitative estimate of drug-likeness (QED) is 0.661. The zero-order valence-electron chi connectivity index (χ0n) is 16.9. The molecule has 3 heterocycles. The topological polar surface area (TPSA) is 111 Å². The minimum absolute atomic E-state index is 0.0280. The molecule has 8 nitrogen and oxygen atoms in total. The van der Waals surface area contributed by atoms with Crippen LogP contribution in [0.4, 0.5) is 4.39 Å². The van der Waals surface area contributed by atoms with Gasteiger partial charge in [0.05, 0.1) is 0 Å². The van der Waals surface area contributed by atoms with Crippen molar-refractivity contribution >= 4 is 22.7 Å². The molecule has 0 spiro atoms. The number of Topliss-reactive ketones (excluding diaryl/α,β-unsaturated/α-hetero) is 1. The van der Waals surface area contributed by atoms with E-state index in [1.54, 1.807) is 12.1 Å². The summed E-state index contributed by atoms with van der Waals surface area (Å²) in [6.07, 6.45) is 1.18. The smallest absolute Gasteiger partial charge is 0.267 e. The molecular formula is C22H20FN3O5. The molecular weight excluding hydrogens is 405 g/mol. The molecule has 1 aliphatic heterocycles. The van der Waals surface area contributed by atoms with Gasteiger partial charge in [0, 0.05) is 38.2 Å². The predicted octanol–water partition coefficient (Wildman–Crippen LogP) is 1.93. The minimum atomic E-state index is -0.803. The van der Waals surface area contributed by atoms with Crippen LogP contribution in [0.15, 0.2) is 35.3 Å². The molecule has 0 aliphatic carbocycles. The number of hydrogen-bond acceptors (Lipinski definition) is 6. The Balaban J connectivity index is 1.99. The van der Waals surface area contributed by atoms with E-state index in [1.807, 2.05) is 0 Å². The molecule has 0 fully saturated rings. The molecule has 1 aromatic carbocycles. The average Bonchev–Trinajstić information content (AvgIpc) is 2.95. The Morgan fingerprint density at radius 1 is 1.32 bits per heavy atom. The van der Waals surface area contributed by atoms with Gasteiger partial charge in [0.15, 0.2) is 23.4 Å². The summed E-state index contributed by atoms with van der Waals surface area (Å²) in [6, 6.07) is 5.89. The summed E-state index contributed by atoms with van der Waals surface area (Å²) in [6.45, 7) is 1.51. The summed E-state index contributed by atoms with van der Waals surface area (Å²) in [7, 11) is 1.35. The maximum absolute atomic E-state index is 13.3. The third-order valence-electron chi connectivity index (χ3n) is 5.36. The van der Waals surface area contributed by atoms with Crippen LogP contribution in [-0.4, -0.2) is 39.5 Å². The fourth-order valence-electron chi connectivity index (χ4n) is 3.76. The molecule has 1 atom stereocenters. The molecule has 4 rings (SSSR count). The number of halogens is 1. The lowest BCUT2D eigenvalue weighted by molar-refractivity contribution is -0.123. The van der Waals surface area contributed by atoms with E-state index in [0.717, 1.165) is 5.56 Å². The van der Waals surface area contributed by atoms with Crippen molar-refractivity contribution in [3.05, 3.63) is 63.3 Å². The number of carbonyl (C=O) groups excluding carboxylic acids is 2. The number of aromatic nitrogens is 2. The van der Waals surface area contributed by atoms with Crippen LogP contribution in [0.3, 0.4) is 0 Å². The lowest BCUT2D eigenvalue weighted by Crippen LogP contribution is -2.32. The van der Waals surface area contributed by atoms with Crippen molar-refractivity contribution in [2.75, 3.05) is 7.05 Å². The maximum atomic E-state index is 13.3. The van der Waals surface area contributed by atoms with Crippen LogP contribution in [0.2, 0.25) is 0 Å². The van der Waals surface area contributed by atoms with E-state index >= 15 is 0 Å². The number of carbonyl (C=O) groups is 2. The lowest BCUT2D eigenvalue weighted by atomic mass is 10.0. The van der Waals surface area contributed by atoms with Crippen molar-refractivity contribution in [2.24, 2.45) is 0 Å². The van der Waals surface area contributed by atoms with Gasteiger partial charge in [0.1, 0.15) is 22.4 Å². The van der Waals surface area contributed by atoms with E-state index in [0.29, 0.717) is 12.0 Å². The number of ether oxygens (including phenoxy) is 1. The SMILES string of the molecule is CNC(=O)c1c(O)c2ncc(Cc3ccc(F)cc3)c3c2n(c1=O)CC[C@@H](C(C)=O)O3. The van der Waals surface area contributed by atoms with Gasteiger partial charge in [-0.3, -0.25) is 19.4 Å². The van der Waals surface area contributed by atoms with Crippen LogP contribution in [0.1, 0.15) is 34.8 Å². The standard InChI is InChI=1S/C22H20FN3O5/c1-11(27)15-7-8-26-18-17(19(28)16(22(26)30)21(29)24-2)25-10-13(20(18)31-15)9-12-3-5-14(23)6-4-12/h3-6,10,15,28H,7-9H2,1-2H3,(H,24,29)/t15-/m0/s1. The van der Waals surface area contributed by atoms with E-state index < -0.39 is 28.9 Å². The van der Waals surface area contributed by atoms with Crippen molar-refractivity contribution in [1.29, 1.82) is 0 Å². The Morgan fingerprint density at radius 3 is 2.68 bits per heavy atom. The van der Waals surface area contributed by atoms with E-state index in [2.05, 4.69) is 10.3 Å². The molecule has 3 aromatic rings. The number of amides is 1. The first-order valence-electron chi connectivity index (χ1n) is 9.72. The molecule has 0 saturated carbocycles. The van der Waals surface area contributed by atoms with Gasteiger partial charge in [-0.1, -0.05) is 12.1 Å². The molecule has 1 aliphatic rings. The molecule has 1 amide bonds. The number of rotatable bonds is 4. The Hall–Kier alpha value is -3.75. The normalized spacial score (nSPS) is 15.3. The third-order valence-corrected chi connectivity index (χ3v) is 5.36. The molecule has 9 heteroatoms. The van der Waals surface area contributed by atoms with Gasteiger partial charge < -0.3 is 19.7 Å². The molecule has 0 radical (unpaired) electrons. The number of aromatic hydroxyl groups is 1. The summed E-state index contributed by atoms with van der Waals surface area (Å²) < 4.78 is 20.6. The molecule has 0 unspecified atom stereocenters. The molecule has 31 heavy (non-hydrogen) atoms. The number of ketones is 1. The number of benzene rings is 1. The fraction of sp³-hybridized carbons (Fsp3) is 0.273. The summed E-state index contributed by atoms with van der Waals surface area (Å²) in [4.78, 5) is 41.7. The van der Waals surface area contributed by atoms with E-state index in [4.69, 9.17) is 4.74 Å². The van der Waals surface area contributed by atoms with Crippen molar-refractivity contribution < 1.29 is 23.8 Å². The first kappa shape index (κ1) is 20.5. The highest BCUT2D eigenvalue weighted by molar-refractivity contribution is 6.02. The number of aryl methyl sites for hydroxylation is 1. The van der Waals surface area contributed by atoms with Crippen molar-refractivity contribution in [3.63, 3.8) is 0 Å². The molecule has 2 aromatic heterocycles. The van der Waals surface area contributed by atoms with Gasteiger partial charge in [0.25, 0.3) is 11.5 Å². The number of hydrogen-bond donors (Lipinski definition) is 2. The highest BCUT2D eigenvalue weighted by Crippen LogP contribution is 2.37. The average molecular weight is 425 g/mol. The minimum Gasteiger partial charge on any atom is -0.505 e. The number of nitrogens with one attached hydrogen (secondary N) is 1. The van der Waals surface area contributed by atoms with Gasteiger partial charge in [0.2, 0.25) is 0 Å². The maximum Gasteiger partial charge on any atom is 0.267 e. The first-order chi connectivity index (χ1) is 14.8. The number of pyridine rings is 2. The van der Waals surface area contributed by atoms with Crippen LogP contribution < -0.4 is 15.6 Å². The largest absolute Gasteiger partial charge is 0.505 e. The predicted molar refractivity (Wildman–Crippen MR) is 110 cm³/mol. The van der Waals surface area contributed by atoms with Gasteiger partial charge in [-0.25, -0.2) is 4.39 Å². The monoisotopic (exact) mass is 425 g/mol. The summed E-state index contributed by atoms with van der Waals surface area (Å²) in [5.41, 5.74) is 0.470.